The van der Waals surface area contributed by atoms with Crippen molar-refractivity contribution in [3.8, 4) is 0 Å². The Labute approximate surface area is 112 Å². The van der Waals surface area contributed by atoms with E-state index >= 15 is 0 Å². The third kappa shape index (κ3) is 4.79. The molecular formula is C16H28N2. The molecule has 0 bridgehead atoms. The molecule has 0 heterocycles. The molecule has 18 heavy (non-hydrogen) atoms. The second-order valence-electron chi connectivity index (χ2n) is 5.21. The zero-order valence-corrected chi connectivity index (χ0v) is 12.1. The molecular weight excluding hydrogens is 220 g/mol. The van der Waals surface area contributed by atoms with Crippen LogP contribution in [0.3, 0.4) is 0 Å². The van der Waals surface area contributed by atoms with Crippen molar-refractivity contribution in [2.24, 2.45) is 11.7 Å². The molecule has 2 atom stereocenters. The van der Waals surface area contributed by atoms with Gasteiger partial charge in [-0.15, -0.1) is 0 Å². The van der Waals surface area contributed by atoms with Gasteiger partial charge < -0.3 is 10.6 Å². The summed E-state index contributed by atoms with van der Waals surface area (Å²) in [5.41, 5.74) is 7.60. The molecule has 0 aliphatic heterocycles. The van der Waals surface area contributed by atoms with E-state index in [1.54, 1.807) is 0 Å². The minimum Gasteiger partial charge on any atom is -0.324 e. The summed E-state index contributed by atoms with van der Waals surface area (Å²) in [6, 6.07) is 10.6. The smallest absolute Gasteiger partial charge is 0.0333 e. The highest BCUT2D eigenvalue weighted by atomic mass is 15.1. The first kappa shape index (κ1) is 15.2. The number of hydrogen-bond donors (Lipinski definition) is 1. The van der Waals surface area contributed by atoms with Gasteiger partial charge in [-0.1, -0.05) is 51.1 Å². The van der Waals surface area contributed by atoms with Crippen LogP contribution in [-0.2, 0) is 0 Å². The summed E-state index contributed by atoms with van der Waals surface area (Å²) in [4.78, 5) is 2.54. The highest BCUT2D eigenvalue weighted by Gasteiger charge is 2.17. The SMILES string of the molecule is CCCN(CCC)CC(C)C(N)c1ccccc1. The van der Waals surface area contributed by atoms with E-state index in [0.29, 0.717) is 5.92 Å². The molecule has 0 aromatic heterocycles. The van der Waals surface area contributed by atoms with Gasteiger partial charge in [-0.3, -0.25) is 0 Å². The standard InChI is InChI=1S/C16H28N2/c1-4-11-18(12-5-2)13-14(3)16(17)15-9-7-6-8-10-15/h6-10,14,16H,4-5,11-13,17H2,1-3H3. The third-order valence-electron chi connectivity index (χ3n) is 3.42. The van der Waals surface area contributed by atoms with Crippen LogP contribution in [0.15, 0.2) is 30.3 Å². The topological polar surface area (TPSA) is 29.3 Å². The molecule has 1 rings (SSSR count). The summed E-state index contributed by atoms with van der Waals surface area (Å²) in [5, 5.41) is 0. The van der Waals surface area contributed by atoms with Crippen LogP contribution in [0.25, 0.3) is 0 Å². The summed E-state index contributed by atoms with van der Waals surface area (Å²) < 4.78 is 0. The third-order valence-corrected chi connectivity index (χ3v) is 3.42. The molecule has 0 saturated carbocycles. The quantitative estimate of drug-likeness (QED) is 0.763. The average Bonchev–Trinajstić information content (AvgIpc) is 2.39. The van der Waals surface area contributed by atoms with Gasteiger partial charge >= 0.3 is 0 Å². The lowest BCUT2D eigenvalue weighted by Crippen LogP contribution is -2.34. The van der Waals surface area contributed by atoms with Crippen molar-refractivity contribution < 1.29 is 0 Å². The molecule has 102 valence electrons. The van der Waals surface area contributed by atoms with E-state index in [1.165, 1.54) is 31.5 Å². The molecule has 0 aliphatic carbocycles. The Balaban J connectivity index is 2.55. The average molecular weight is 248 g/mol. The molecule has 2 N–H and O–H groups in total. The van der Waals surface area contributed by atoms with Gasteiger partial charge in [0, 0.05) is 12.6 Å². The summed E-state index contributed by atoms with van der Waals surface area (Å²) in [6.45, 7) is 10.2. The van der Waals surface area contributed by atoms with E-state index in [1.807, 2.05) is 6.07 Å². The molecule has 0 spiro atoms. The van der Waals surface area contributed by atoms with E-state index in [9.17, 15) is 0 Å². The van der Waals surface area contributed by atoms with Gasteiger partial charge in [-0.25, -0.2) is 0 Å². The summed E-state index contributed by atoms with van der Waals surface area (Å²) in [6.07, 6.45) is 2.43. The molecule has 2 unspecified atom stereocenters. The van der Waals surface area contributed by atoms with Crippen molar-refractivity contribution >= 4 is 0 Å². The molecule has 0 saturated heterocycles. The first-order valence-electron chi connectivity index (χ1n) is 7.21. The van der Waals surface area contributed by atoms with Crippen LogP contribution in [0, 0.1) is 5.92 Å². The molecule has 0 aliphatic rings. The van der Waals surface area contributed by atoms with Crippen LogP contribution in [0.1, 0.15) is 45.2 Å². The lowest BCUT2D eigenvalue weighted by atomic mass is 9.95. The van der Waals surface area contributed by atoms with E-state index in [-0.39, 0.29) is 6.04 Å². The Hall–Kier alpha value is -0.860. The van der Waals surface area contributed by atoms with Crippen molar-refractivity contribution in [2.45, 2.75) is 39.7 Å². The first-order valence-corrected chi connectivity index (χ1v) is 7.21. The number of nitrogens with zero attached hydrogens (tertiary/aromatic N) is 1. The molecule has 0 radical (unpaired) electrons. The maximum atomic E-state index is 6.35. The highest BCUT2D eigenvalue weighted by molar-refractivity contribution is 5.19. The van der Waals surface area contributed by atoms with Gasteiger partial charge in [0.15, 0.2) is 0 Å². The van der Waals surface area contributed by atoms with Gasteiger partial charge in [0.1, 0.15) is 0 Å². The van der Waals surface area contributed by atoms with Crippen LogP contribution in [0.2, 0.25) is 0 Å². The van der Waals surface area contributed by atoms with Crippen molar-refractivity contribution in [1.82, 2.24) is 4.90 Å². The molecule has 0 amide bonds. The second kappa shape index (κ2) is 8.28. The highest BCUT2D eigenvalue weighted by Crippen LogP contribution is 2.20. The van der Waals surface area contributed by atoms with Crippen LogP contribution >= 0.6 is 0 Å². The normalized spacial score (nSPS) is 14.7. The fourth-order valence-corrected chi connectivity index (χ4v) is 2.45. The van der Waals surface area contributed by atoms with Gasteiger partial charge in [-0.2, -0.15) is 0 Å². The minimum absolute atomic E-state index is 0.141. The van der Waals surface area contributed by atoms with Crippen LogP contribution in [-0.4, -0.2) is 24.5 Å². The maximum Gasteiger partial charge on any atom is 0.0333 e. The fraction of sp³-hybridized carbons (Fsp3) is 0.625. The first-order chi connectivity index (χ1) is 8.69. The van der Waals surface area contributed by atoms with Gasteiger partial charge in [0.05, 0.1) is 0 Å². The molecule has 1 aromatic rings. The lowest BCUT2D eigenvalue weighted by Gasteiger charge is -2.28. The fourth-order valence-electron chi connectivity index (χ4n) is 2.45. The van der Waals surface area contributed by atoms with Crippen LogP contribution < -0.4 is 5.73 Å². The molecule has 1 aromatic carbocycles. The van der Waals surface area contributed by atoms with Crippen molar-refractivity contribution in [2.75, 3.05) is 19.6 Å². The second-order valence-corrected chi connectivity index (χ2v) is 5.21. The van der Waals surface area contributed by atoms with E-state index in [0.717, 1.165) is 6.54 Å². The van der Waals surface area contributed by atoms with E-state index in [2.05, 4.69) is 49.9 Å². The summed E-state index contributed by atoms with van der Waals surface area (Å²) >= 11 is 0. The Morgan fingerprint density at radius 2 is 1.61 bits per heavy atom. The lowest BCUT2D eigenvalue weighted by molar-refractivity contribution is 0.223. The van der Waals surface area contributed by atoms with Crippen LogP contribution in [0.4, 0.5) is 0 Å². The van der Waals surface area contributed by atoms with E-state index < -0.39 is 0 Å². The van der Waals surface area contributed by atoms with E-state index in [4.69, 9.17) is 5.73 Å². The molecule has 2 nitrogen and oxygen atoms in total. The molecule has 2 heteroatoms. The Morgan fingerprint density at radius 3 is 2.11 bits per heavy atom. The van der Waals surface area contributed by atoms with Gasteiger partial charge in [-0.05, 0) is 37.4 Å². The minimum atomic E-state index is 0.141. The predicted octanol–water partition coefficient (Wildman–Crippen LogP) is 3.44. The number of rotatable bonds is 8. The monoisotopic (exact) mass is 248 g/mol. The van der Waals surface area contributed by atoms with Crippen LogP contribution in [0.5, 0.6) is 0 Å². The Kier molecular flexibility index (Phi) is 6.99. The zero-order chi connectivity index (χ0) is 13.4. The zero-order valence-electron chi connectivity index (χ0n) is 12.1. The van der Waals surface area contributed by atoms with Crippen molar-refractivity contribution in [3.05, 3.63) is 35.9 Å². The largest absolute Gasteiger partial charge is 0.324 e. The van der Waals surface area contributed by atoms with Gasteiger partial charge in [0.2, 0.25) is 0 Å². The van der Waals surface area contributed by atoms with Gasteiger partial charge in [0.25, 0.3) is 0 Å². The number of benzene rings is 1. The molecule has 0 fully saturated rings. The van der Waals surface area contributed by atoms with Crippen molar-refractivity contribution in [3.63, 3.8) is 0 Å². The summed E-state index contributed by atoms with van der Waals surface area (Å²) in [5.74, 6) is 0.491. The maximum absolute atomic E-state index is 6.35. The Bertz CT molecular complexity index is 304. The predicted molar refractivity (Wildman–Crippen MR) is 79.6 cm³/mol. The number of nitrogens with two attached hydrogens (primary N) is 1. The number of hydrogen-bond acceptors (Lipinski definition) is 2. The summed E-state index contributed by atoms with van der Waals surface area (Å²) in [7, 11) is 0. The van der Waals surface area contributed by atoms with Crippen molar-refractivity contribution in [1.29, 1.82) is 0 Å². The Morgan fingerprint density at radius 1 is 1.06 bits per heavy atom.